The zero-order chi connectivity index (χ0) is 12.0. The van der Waals surface area contributed by atoms with E-state index in [4.69, 9.17) is 5.73 Å². The van der Waals surface area contributed by atoms with E-state index in [9.17, 15) is 4.79 Å². The number of thioether (sulfide) groups is 1. The Bertz CT molecular complexity index is 236. The van der Waals surface area contributed by atoms with Crippen molar-refractivity contribution in [2.24, 2.45) is 10.7 Å². The number of hydrogen-bond donors (Lipinski definition) is 1. The Kier molecular flexibility index (Phi) is 9.77. The third-order valence-corrected chi connectivity index (χ3v) is 2.83. The van der Waals surface area contributed by atoms with Crippen LogP contribution in [0.4, 0.5) is 0 Å². The van der Waals surface area contributed by atoms with Gasteiger partial charge < -0.3 is 10.6 Å². The van der Waals surface area contributed by atoms with Crippen LogP contribution in [0.2, 0.25) is 0 Å². The van der Waals surface area contributed by atoms with Crippen molar-refractivity contribution in [1.29, 1.82) is 0 Å². The van der Waals surface area contributed by atoms with Crippen molar-refractivity contribution in [1.82, 2.24) is 4.90 Å². The summed E-state index contributed by atoms with van der Waals surface area (Å²) in [6.45, 7) is 8.05. The molecule has 0 aliphatic heterocycles. The van der Waals surface area contributed by atoms with Gasteiger partial charge in [0.2, 0.25) is 5.91 Å². The van der Waals surface area contributed by atoms with E-state index in [-0.39, 0.29) is 30.4 Å². The quantitative estimate of drug-likeness (QED) is 0.623. The number of halogens is 1. The van der Waals surface area contributed by atoms with Crippen LogP contribution in [-0.2, 0) is 4.79 Å². The minimum atomic E-state index is 0. The maximum Gasteiger partial charge on any atom is 0.233 e. The van der Waals surface area contributed by atoms with Crippen LogP contribution in [0.1, 0.15) is 27.7 Å². The smallest absolute Gasteiger partial charge is 0.233 e. The number of hydrogen-bond acceptors (Lipinski definition) is 3. The summed E-state index contributed by atoms with van der Waals surface area (Å²) in [5.74, 6) is 0.469. The molecule has 6 heteroatoms. The minimum absolute atomic E-state index is 0. The highest BCUT2D eigenvalue weighted by atomic mass is 35.5. The molecule has 0 rings (SSSR count). The number of carbonyl (C=O) groups excluding carboxylic acids is 1. The molecular weight excluding hydrogens is 246 g/mol. The Balaban J connectivity index is 0. The first-order valence-electron chi connectivity index (χ1n) is 5.06. The fourth-order valence-electron chi connectivity index (χ4n) is 1.45. The van der Waals surface area contributed by atoms with Crippen LogP contribution < -0.4 is 5.73 Å². The average Bonchev–Trinajstić information content (AvgIpc) is 2.12. The highest BCUT2D eigenvalue weighted by Crippen LogP contribution is 2.09. The normalized spacial score (nSPS) is 11.6. The van der Waals surface area contributed by atoms with Crippen molar-refractivity contribution in [3.63, 3.8) is 0 Å². The molecule has 2 N–H and O–H groups in total. The van der Waals surface area contributed by atoms with E-state index in [1.54, 1.807) is 7.05 Å². The molecule has 0 spiro atoms. The van der Waals surface area contributed by atoms with Crippen LogP contribution in [0, 0.1) is 0 Å². The molecule has 0 unspecified atom stereocenters. The van der Waals surface area contributed by atoms with E-state index in [1.807, 2.05) is 32.6 Å². The number of rotatable bonds is 4. The van der Waals surface area contributed by atoms with Crippen molar-refractivity contribution < 1.29 is 4.79 Å². The molecule has 0 saturated carbocycles. The van der Waals surface area contributed by atoms with Gasteiger partial charge in [0.25, 0.3) is 0 Å². The van der Waals surface area contributed by atoms with Crippen molar-refractivity contribution in [3.8, 4) is 0 Å². The molecule has 0 aromatic heterocycles. The van der Waals surface area contributed by atoms with Gasteiger partial charge in [0.15, 0.2) is 5.17 Å². The molecule has 0 bridgehead atoms. The lowest BCUT2D eigenvalue weighted by molar-refractivity contribution is -0.131. The maximum absolute atomic E-state index is 11.8. The fraction of sp³-hybridized carbons (Fsp3) is 0.800. The molecule has 0 saturated heterocycles. The van der Waals surface area contributed by atoms with E-state index in [0.29, 0.717) is 10.9 Å². The SMILES string of the molecule is CN=C(N)SCC(=O)N(C(C)C)C(C)C.Cl. The van der Waals surface area contributed by atoms with Gasteiger partial charge in [0, 0.05) is 19.1 Å². The molecule has 0 radical (unpaired) electrons. The van der Waals surface area contributed by atoms with Crippen LogP contribution in [-0.4, -0.2) is 40.9 Å². The van der Waals surface area contributed by atoms with Gasteiger partial charge in [0.05, 0.1) is 5.75 Å². The number of amides is 1. The summed E-state index contributed by atoms with van der Waals surface area (Å²) >= 11 is 1.28. The number of carbonyl (C=O) groups is 1. The maximum atomic E-state index is 11.8. The molecule has 0 atom stereocenters. The second-order valence-corrected chi connectivity index (χ2v) is 4.83. The first-order valence-corrected chi connectivity index (χ1v) is 6.04. The van der Waals surface area contributed by atoms with Crippen LogP contribution in [0.15, 0.2) is 4.99 Å². The monoisotopic (exact) mass is 267 g/mol. The molecule has 0 aliphatic carbocycles. The van der Waals surface area contributed by atoms with Gasteiger partial charge in [-0.2, -0.15) is 0 Å². The molecular formula is C10H22ClN3OS. The van der Waals surface area contributed by atoms with Gasteiger partial charge in [-0.15, -0.1) is 12.4 Å². The Morgan fingerprint density at radius 2 is 1.75 bits per heavy atom. The summed E-state index contributed by atoms with van der Waals surface area (Å²) in [4.78, 5) is 17.5. The molecule has 0 heterocycles. The molecule has 0 aromatic rings. The molecule has 96 valence electrons. The Labute approximate surface area is 108 Å². The molecule has 0 fully saturated rings. The topological polar surface area (TPSA) is 58.7 Å². The van der Waals surface area contributed by atoms with E-state index in [0.717, 1.165) is 0 Å². The number of nitrogens with two attached hydrogens (primary N) is 1. The zero-order valence-corrected chi connectivity index (χ0v) is 12.2. The zero-order valence-electron chi connectivity index (χ0n) is 10.6. The second-order valence-electron chi connectivity index (χ2n) is 3.84. The van der Waals surface area contributed by atoms with E-state index < -0.39 is 0 Å². The van der Waals surface area contributed by atoms with E-state index in [1.165, 1.54) is 11.8 Å². The van der Waals surface area contributed by atoms with Crippen LogP contribution in [0.3, 0.4) is 0 Å². The number of amidine groups is 1. The lowest BCUT2D eigenvalue weighted by atomic mass is 10.2. The van der Waals surface area contributed by atoms with Crippen LogP contribution in [0.25, 0.3) is 0 Å². The molecule has 16 heavy (non-hydrogen) atoms. The van der Waals surface area contributed by atoms with Gasteiger partial charge in [-0.3, -0.25) is 9.79 Å². The summed E-state index contributed by atoms with van der Waals surface area (Å²) in [7, 11) is 1.62. The standard InChI is InChI=1S/C10H21N3OS.ClH/c1-7(2)13(8(3)4)9(14)6-15-10(11)12-5;/h7-8H,6H2,1-5H3,(H2,11,12);1H. The van der Waals surface area contributed by atoms with E-state index >= 15 is 0 Å². The van der Waals surface area contributed by atoms with Gasteiger partial charge in [-0.1, -0.05) is 11.8 Å². The second kappa shape index (κ2) is 8.70. The summed E-state index contributed by atoms with van der Waals surface area (Å²) in [5, 5.41) is 0.454. The Morgan fingerprint density at radius 1 is 1.31 bits per heavy atom. The minimum Gasteiger partial charge on any atom is -0.379 e. The van der Waals surface area contributed by atoms with Crippen molar-refractivity contribution in [2.45, 2.75) is 39.8 Å². The Morgan fingerprint density at radius 3 is 2.06 bits per heavy atom. The molecule has 4 nitrogen and oxygen atoms in total. The molecule has 0 aliphatic rings. The van der Waals surface area contributed by atoms with E-state index in [2.05, 4.69) is 4.99 Å². The summed E-state index contributed by atoms with van der Waals surface area (Å²) < 4.78 is 0. The Hall–Kier alpha value is -0.420. The highest BCUT2D eigenvalue weighted by Gasteiger charge is 2.19. The summed E-state index contributed by atoms with van der Waals surface area (Å²) in [6, 6.07) is 0.441. The van der Waals surface area contributed by atoms with Crippen molar-refractivity contribution in [2.75, 3.05) is 12.8 Å². The average molecular weight is 268 g/mol. The fourth-order valence-corrected chi connectivity index (χ4v) is 2.00. The van der Waals surface area contributed by atoms with Gasteiger partial charge in [-0.25, -0.2) is 0 Å². The van der Waals surface area contributed by atoms with Crippen LogP contribution >= 0.6 is 24.2 Å². The number of nitrogens with zero attached hydrogens (tertiary/aromatic N) is 2. The van der Waals surface area contributed by atoms with Gasteiger partial charge in [-0.05, 0) is 27.7 Å². The molecule has 1 amide bonds. The lowest BCUT2D eigenvalue weighted by Crippen LogP contribution is -2.43. The third-order valence-electron chi connectivity index (χ3n) is 1.96. The first-order chi connectivity index (χ1) is 6.90. The highest BCUT2D eigenvalue weighted by molar-refractivity contribution is 8.14. The predicted octanol–water partition coefficient (Wildman–Crippen LogP) is 1.73. The van der Waals surface area contributed by atoms with Gasteiger partial charge in [0.1, 0.15) is 0 Å². The van der Waals surface area contributed by atoms with Crippen molar-refractivity contribution in [3.05, 3.63) is 0 Å². The van der Waals surface area contributed by atoms with Crippen LogP contribution in [0.5, 0.6) is 0 Å². The predicted molar refractivity (Wildman–Crippen MR) is 74.4 cm³/mol. The largest absolute Gasteiger partial charge is 0.379 e. The van der Waals surface area contributed by atoms with Gasteiger partial charge >= 0.3 is 0 Å². The third kappa shape index (κ3) is 6.23. The van der Waals surface area contributed by atoms with Crippen molar-refractivity contribution >= 4 is 35.2 Å². The molecule has 0 aromatic carbocycles. The summed E-state index contributed by atoms with van der Waals surface area (Å²) in [6.07, 6.45) is 0. The lowest BCUT2D eigenvalue weighted by Gasteiger charge is -2.30. The first kappa shape index (κ1) is 18.0. The number of aliphatic imine (C=N–C) groups is 1. The summed E-state index contributed by atoms with van der Waals surface area (Å²) in [5.41, 5.74) is 5.52.